The van der Waals surface area contributed by atoms with E-state index in [1.54, 1.807) is 17.5 Å². The monoisotopic (exact) mass is 193 g/mol. The Bertz CT molecular complexity index is 402. The van der Waals surface area contributed by atoms with Crippen LogP contribution in [-0.2, 0) is 6.54 Å². The Balaban J connectivity index is 2.35. The number of thiophene rings is 1. The molecule has 68 valence electrons. The van der Waals surface area contributed by atoms with Crippen LogP contribution in [0, 0.1) is 6.92 Å². The number of hydrogen-bond acceptors (Lipinski definition) is 3. The molecule has 0 amide bonds. The summed E-state index contributed by atoms with van der Waals surface area (Å²) in [7, 11) is 0. The standard InChI is InChI=1S/C9H11N3S/c1-6-2-3-8(13-6)9-11-5-7(4-10)12-9/h2-3,5H,4,10H2,1H3,(H,11,12). The summed E-state index contributed by atoms with van der Waals surface area (Å²) >= 11 is 1.73. The zero-order valence-electron chi connectivity index (χ0n) is 7.37. The van der Waals surface area contributed by atoms with E-state index in [1.165, 1.54) is 4.88 Å². The average Bonchev–Trinajstić information content (AvgIpc) is 2.71. The molecule has 0 bridgehead atoms. The minimum atomic E-state index is 0.511. The molecule has 0 radical (unpaired) electrons. The lowest BCUT2D eigenvalue weighted by molar-refractivity contribution is 1.01. The lowest BCUT2D eigenvalue weighted by Gasteiger charge is -1.89. The fourth-order valence-electron chi connectivity index (χ4n) is 1.15. The molecule has 0 saturated heterocycles. The second-order valence-corrected chi connectivity index (χ2v) is 4.16. The minimum Gasteiger partial charge on any atom is -0.340 e. The van der Waals surface area contributed by atoms with Gasteiger partial charge in [0.25, 0.3) is 0 Å². The third-order valence-electron chi connectivity index (χ3n) is 1.82. The second-order valence-electron chi connectivity index (χ2n) is 2.87. The van der Waals surface area contributed by atoms with Crippen LogP contribution in [0.25, 0.3) is 10.7 Å². The van der Waals surface area contributed by atoms with Crippen LogP contribution in [0.3, 0.4) is 0 Å². The van der Waals surface area contributed by atoms with Gasteiger partial charge in [0.05, 0.1) is 4.88 Å². The maximum atomic E-state index is 5.48. The van der Waals surface area contributed by atoms with Crippen LogP contribution in [-0.4, -0.2) is 9.97 Å². The number of nitrogens with two attached hydrogens (primary N) is 1. The van der Waals surface area contributed by atoms with Gasteiger partial charge in [-0.1, -0.05) is 0 Å². The lowest BCUT2D eigenvalue weighted by atomic mass is 10.4. The highest BCUT2D eigenvalue weighted by Gasteiger charge is 2.03. The highest BCUT2D eigenvalue weighted by molar-refractivity contribution is 7.15. The molecule has 0 aliphatic heterocycles. The van der Waals surface area contributed by atoms with Crippen molar-refractivity contribution >= 4 is 11.3 Å². The number of rotatable bonds is 2. The number of imidazole rings is 1. The predicted octanol–water partition coefficient (Wildman–Crippen LogP) is 1.91. The largest absolute Gasteiger partial charge is 0.340 e. The lowest BCUT2D eigenvalue weighted by Crippen LogP contribution is -1.95. The molecule has 0 fully saturated rings. The zero-order valence-corrected chi connectivity index (χ0v) is 8.19. The van der Waals surface area contributed by atoms with Gasteiger partial charge in [0, 0.05) is 23.3 Å². The first-order chi connectivity index (χ1) is 6.29. The molecule has 2 rings (SSSR count). The zero-order chi connectivity index (χ0) is 9.26. The fourth-order valence-corrected chi connectivity index (χ4v) is 1.97. The van der Waals surface area contributed by atoms with E-state index < -0.39 is 0 Å². The van der Waals surface area contributed by atoms with Crippen LogP contribution in [0.15, 0.2) is 18.3 Å². The first kappa shape index (κ1) is 8.47. The van der Waals surface area contributed by atoms with Gasteiger partial charge < -0.3 is 10.7 Å². The van der Waals surface area contributed by atoms with E-state index >= 15 is 0 Å². The Morgan fingerprint density at radius 1 is 1.54 bits per heavy atom. The first-order valence-electron chi connectivity index (χ1n) is 4.10. The molecule has 2 aromatic heterocycles. The summed E-state index contributed by atoms with van der Waals surface area (Å²) in [6.45, 7) is 2.60. The Labute approximate surface area is 80.6 Å². The predicted molar refractivity (Wildman–Crippen MR) is 54.5 cm³/mol. The van der Waals surface area contributed by atoms with E-state index in [4.69, 9.17) is 5.73 Å². The number of aromatic amines is 1. The SMILES string of the molecule is Cc1ccc(-c2ncc(CN)[nH]2)s1. The number of nitrogens with one attached hydrogen (secondary N) is 1. The molecule has 2 aromatic rings. The number of aryl methyl sites for hydroxylation is 1. The molecule has 0 aromatic carbocycles. The first-order valence-corrected chi connectivity index (χ1v) is 4.92. The van der Waals surface area contributed by atoms with Gasteiger partial charge in [0.15, 0.2) is 0 Å². The van der Waals surface area contributed by atoms with Gasteiger partial charge in [-0.2, -0.15) is 0 Å². The molecular weight excluding hydrogens is 182 g/mol. The van der Waals surface area contributed by atoms with Gasteiger partial charge in [-0.05, 0) is 19.1 Å². The smallest absolute Gasteiger partial charge is 0.147 e. The van der Waals surface area contributed by atoms with E-state index in [-0.39, 0.29) is 0 Å². The van der Waals surface area contributed by atoms with Crippen LogP contribution in [0.2, 0.25) is 0 Å². The van der Waals surface area contributed by atoms with Crippen LogP contribution in [0.5, 0.6) is 0 Å². The Kier molecular flexibility index (Phi) is 2.16. The van der Waals surface area contributed by atoms with Crippen LogP contribution >= 0.6 is 11.3 Å². The summed E-state index contributed by atoms with van der Waals surface area (Å²) in [5.74, 6) is 0.915. The number of nitrogens with zero attached hydrogens (tertiary/aromatic N) is 1. The number of H-pyrrole nitrogens is 1. The van der Waals surface area contributed by atoms with Crippen molar-refractivity contribution in [2.75, 3.05) is 0 Å². The van der Waals surface area contributed by atoms with Gasteiger partial charge in [0.1, 0.15) is 5.82 Å². The van der Waals surface area contributed by atoms with Crippen LogP contribution in [0.1, 0.15) is 10.6 Å². The number of hydrogen-bond donors (Lipinski definition) is 2. The Hall–Kier alpha value is -1.13. The molecule has 0 aliphatic carbocycles. The maximum Gasteiger partial charge on any atom is 0.147 e. The summed E-state index contributed by atoms with van der Waals surface area (Å²) in [4.78, 5) is 9.87. The van der Waals surface area contributed by atoms with Gasteiger partial charge in [0.2, 0.25) is 0 Å². The highest BCUT2D eigenvalue weighted by atomic mass is 32.1. The molecule has 4 heteroatoms. The van der Waals surface area contributed by atoms with E-state index in [9.17, 15) is 0 Å². The van der Waals surface area contributed by atoms with E-state index in [0.29, 0.717) is 6.54 Å². The van der Waals surface area contributed by atoms with E-state index in [1.807, 2.05) is 0 Å². The maximum absolute atomic E-state index is 5.48. The number of aromatic nitrogens is 2. The molecule has 0 aliphatic rings. The molecule has 0 unspecified atom stereocenters. The summed E-state index contributed by atoms with van der Waals surface area (Å²) in [5.41, 5.74) is 6.45. The van der Waals surface area contributed by atoms with Gasteiger partial charge in [-0.3, -0.25) is 0 Å². The van der Waals surface area contributed by atoms with Gasteiger partial charge in [-0.15, -0.1) is 11.3 Å². The van der Waals surface area contributed by atoms with Crippen LogP contribution in [0.4, 0.5) is 0 Å². The summed E-state index contributed by atoms with van der Waals surface area (Å²) in [6, 6.07) is 4.16. The molecule has 13 heavy (non-hydrogen) atoms. The Morgan fingerprint density at radius 2 is 2.38 bits per heavy atom. The summed E-state index contributed by atoms with van der Waals surface area (Å²) < 4.78 is 0. The van der Waals surface area contributed by atoms with E-state index in [0.717, 1.165) is 16.4 Å². The Morgan fingerprint density at radius 3 is 2.92 bits per heavy atom. The second kappa shape index (κ2) is 3.32. The molecule has 0 atom stereocenters. The normalized spacial score (nSPS) is 10.6. The molecule has 0 spiro atoms. The molecule has 0 saturated carbocycles. The van der Waals surface area contributed by atoms with Gasteiger partial charge >= 0.3 is 0 Å². The average molecular weight is 193 g/mol. The van der Waals surface area contributed by atoms with E-state index in [2.05, 4.69) is 29.0 Å². The third kappa shape index (κ3) is 1.64. The summed E-state index contributed by atoms with van der Waals surface area (Å²) in [6.07, 6.45) is 1.78. The van der Waals surface area contributed by atoms with Crippen molar-refractivity contribution < 1.29 is 0 Å². The molecular formula is C9H11N3S. The van der Waals surface area contributed by atoms with Gasteiger partial charge in [-0.25, -0.2) is 4.98 Å². The molecule has 3 N–H and O–H groups in total. The van der Waals surface area contributed by atoms with Crippen molar-refractivity contribution in [2.45, 2.75) is 13.5 Å². The van der Waals surface area contributed by atoms with Crippen molar-refractivity contribution in [2.24, 2.45) is 5.73 Å². The fraction of sp³-hybridized carbons (Fsp3) is 0.222. The van der Waals surface area contributed by atoms with Crippen molar-refractivity contribution in [1.29, 1.82) is 0 Å². The summed E-state index contributed by atoms with van der Waals surface area (Å²) in [5, 5.41) is 0. The van der Waals surface area contributed by atoms with Crippen molar-refractivity contribution in [3.8, 4) is 10.7 Å². The highest BCUT2D eigenvalue weighted by Crippen LogP contribution is 2.24. The quantitative estimate of drug-likeness (QED) is 0.765. The molecule has 2 heterocycles. The van der Waals surface area contributed by atoms with Crippen molar-refractivity contribution in [1.82, 2.24) is 9.97 Å². The van der Waals surface area contributed by atoms with Crippen molar-refractivity contribution in [3.63, 3.8) is 0 Å². The third-order valence-corrected chi connectivity index (χ3v) is 2.83. The topological polar surface area (TPSA) is 54.7 Å². The van der Waals surface area contributed by atoms with Crippen LogP contribution < -0.4 is 5.73 Å². The van der Waals surface area contributed by atoms with Crippen molar-refractivity contribution in [3.05, 3.63) is 28.9 Å². The molecule has 3 nitrogen and oxygen atoms in total. The minimum absolute atomic E-state index is 0.511.